The highest BCUT2D eigenvalue weighted by molar-refractivity contribution is 5.96. The summed E-state index contributed by atoms with van der Waals surface area (Å²) in [7, 11) is 0. The maximum Gasteiger partial charge on any atom is 0.254 e. The number of rotatable bonds is 1. The average molecular weight is 271 g/mol. The minimum atomic E-state index is -0.166. The summed E-state index contributed by atoms with van der Waals surface area (Å²) in [6.07, 6.45) is 2.28. The number of carbonyl (C=O) groups excluding carboxylic acids is 1. The number of nitrogens with zero attached hydrogens (tertiary/aromatic N) is 1. The Balaban J connectivity index is 2.24. The number of hydrogen-bond donors (Lipinski definition) is 1. The van der Waals surface area contributed by atoms with Crippen LogP contribution < -0.4 is 0 Å². The Morgan fingerprint density at radius 3 is 3.00 bits per heavy atom. The molecule has 1 aliphatic heterocycles. The number of aliphatic hydroxyl groups excluding tert-OH is 1. The van der Waals surface area contributed by atoms with E-state index in [0.717, 1.165) is 36.2 Å². The van der Waals surface area contributed by atoms with Crippen molar-refractivity contribution >= 4 is 5.91 Å². The number of hydrogen-bond acceptors (Lipinski definition) is 2. The zero-order chi connectivity index (χ0) is 14.5. The molecule has 1 amide bonds. The monoisotopic (exact) mass is 271 g/mol. The first-order chi connectivity index (χ1) is 9.61. The predicted molar refractivity (Wildman–Crippen MR) is 79.4 cm³/mol. The van der Waals surface area contributed by atoms with E-state index in [0.29, 0.717) is 5.92 Å². The third-order valence-corrected chi connectivity index (χ3v) is 3.72. The van der Waals surface area contributed by atoms with Gasteiger partial charge in [0.25, 0.3) is 5.91 Å². The molecule has 20 heavy (non-hydrogen) atoms. The minimum Gasteiger partial charge on any atom is -0.384 e. The molecule has 0 bridgehead atoms. The number of aliphatic hydroxyl groups is 1. The molecule has 0 aromatic heterocycles. The van der Waals surface area contributed by atoms with E-state index in [9.17, 15) is 4.79 Å². The van der Waals surface area contributed by atoms with Gasteiger partial charge in [0.1, 0.15) is 6.61 Å². The van der Waals surface area contributed by atoms with E-state index in [-0.39, 0.29) is 12.5 Å². The topological polar surface area (TPSA) is 40.5 Å². The van der Waals surface area contributed by atoms with Crippen LogP contribution in [0.25, 0.3) is 0 Å². The van der Waals surface area contributed by atoms with Crippen molar-refractivity contribution in [1.82, 2.24) is 4.90 Å². The molecule has 3 nitrogen and oxygen atoms in total. The first-order valence-corrected chi connectivity index (χ1v) is 7.11. The van der Waals surface area contributed by atoms with Crippen molar-refractivity contribution in [3.8, 4) is 11.8 Å². The summed E-state index contributed by atoms with van der Waals surface area (Å²) in [5.41, 5.74) is 2.48. The van der Waals surface area contributed by atoms with Gasteiger partial charge in [-0.1, -0.05) is 24.8 Å². The second-order valence-corrected chi connectivity index (χ2v) is 5.49. The van der Waals surface area contributed by atoms with Crippen molar-refractivity contribution in [2.45, 2.75) is 26.7 Å². The lowest BCUT2D eigenvalue weighted by atomic mass is 9.98. The van der Waals surface area contributed by atoms with Crippen LogP contribution in [0.15, 0.2) is 18.2 Å². The maximum absolute atomic E-state index is 12.6. The van der Waals surface area contributed by atoms with Gasteiger partial charge in [-0.05, 0) is 43.4 Å². The van der Waals surface area contributed by atoms with Crippen LogP contribution in [0, 0.1) is 24.7 Å². The zero-order valence-corrected chi connectivity index (χ0v) is 12.1. The Morgan fingerprint density at radius 1 is 1.50 bits per heavy atom. The highest BCUT2D eigenvalue weighted by atomic mass is 16.2. The van der Waals surface area contributed by atoms with Crippen molar-refractivity contribution in [2.75, 3.05) is 19.7 Å². The Bertz CT molecular complexity index is 554. The fraction of sp³-hybridized carbons (Fsp3) is 0.471. The van der Waals surface area contributed by atoms with Crippen LogP contribution in [-0.4, -0.2) is 35.6 Å². The van der Waals surface area contributed by atoms with Crippen molar-refractivity contribution in [2.24, 2.45) is 5.92 Å². The van der Waals surface area contributed by atoms with Gasteiger partial charge < -0.3 is 10.0 Å². The van der Waals surface area contributed by atoms with Crippen LogP contribution in [0.1, 0.15) is 41.3 Å². The highest BCUT2D eigenvalue weighted by Crippen LogP contribution is 2.20. The summed E-state index contributed by atoms with van der Waals surface area (Å²) in [5, 5.41) is 8.74. The normalized spacial score (nSPS) is 18.4. The smallest absolute Gasteiger partial charge is 0.254 e. The average Bonchev–Trinajstić information content (AvgIpc) is 2.45. The SMILES string of the molecule is Cc1ccc(C#CCO)cc1C(=O)N1CCCC(C)C1. The number of likely N-dealkylation sites (tertiary alicyclic amines) is 1. The number of aryl methyl sites for hydroxylation is 1. The van der Waals surface area contributed by atoms with E-state index in [1.165, 1.54) is 6.42 Å². The highest BCUT2D eigenvalue weighted by Gasteiger charge is 2.23. The number of amides is 1. The van der Waals surface area contributed by atoms with Crippen molar-refractivity contribution in [3.05, 3.63) is 34.9 Å². The fourth-order valence-corrected chi connectivity index (χ4v) is 2.62. The van der Waals surface area contributed by atoms with E-state index in [2.05, 4.69) is 18.8 Å². The first kappa shape index (κ1) is 14.6. The lowest BCUT2D eigenvalue weighted by Crippen LogP contribution is -2.39. The van der Waals surface area contributed by atoms with Gasteiger partial charge >= 0.3 is 0 Å². The molecule has 1 N–H and O–H groups in total. The van der Waals surface area contributed by atoms with Gasteiger partial charge in [-0.2, -0.15) is 0 Å². The van der Waals surface area contributed by atoms with Crippen LogP contribution in [-0.2, 0) is 0 Å². The van der Waals surface area contributed by atoms with Gasteiger partial charge in [0.2, 0.25) is 0 Å². The van der Waals surface area contributed by atoms with E-state index in [4.69, 9.17) is 5.11 Å². The largest absolute Gasteiger partial charge is 0.384 e. The minimum absolute atomic E-state index is 0.0988. The van der Waals surface area contributed by atoms with E-state index >= 15 is 0 Å². The molecular formula is C17H21NO2. The second-order valence-electron chi connectivity index (χ2n) is 5.49. The van der Waals surface area contributed by atoms with E-state index in [1.807, 2.05) is 30.0 Å². The first-order valence-electron chi connectivity index (χ1n) is 7.11. The molecule has 1 saturated heterocycles. The zero-order valence-electron chi connectivity index (χ0n) is 12.1. The van der Waals surface area contributed by atoms with Crippen LogP contribution >= 0.6 is 0 Å². The molecule has 1 heterocycles. The molecule has 3 heteroatoms. The summed E-state index contributed by atoms with van der Waals surface area (Å²) in [6, 6.07) is 5.63. The Hall–Kier alpha value is -1.79. The third kappa shape index (κ3) is 3.40. The lowest BCUT2D eigenvalue weighted by Gasteiger charge is -2.31. The molecule has 0 aliphatic carbocycles. The molecule has 1 aromatic rings. The van der Waals surface area contributed by atoms with Gasteiger partial charge in [0.05, 0.1) is 0 Å². The molecule has 2 rings (SSSR count). The Labute approximate surface area is 120 Å². The molecule has 0 radical (unpaired) electrons. The maximum atomic E-state index is 12.6. The summed E-state index contributed by atoms with van der Waals surface area (Å²) >= 11 is 0. The molecule has 0 saturated carbocycles. The summed E-state index contributed by atoms with van der Waals surface area (Å²) in [5.74, 6) is 6.15. The van der Waals surface area contributed by atoms with Gasteiger partial charge in [0, 0.05) is 24.2 Å². The number of carbonyl (C=O) groups is 1. The second kappa shape index (κ2) is 6.58. The van der Waals surface area contributed by atoms with Crippen LogP contribution in [0.2, 0.25) is 0 Å². The molecule has 1 fully saturated rings. The van der Waals surface area contributed by atoms with Crippen molar-refractivity contribution in [3.63, 3.8) is 0 Å². The van der Waals surface area contributed by atoms with Crippen LogP contribution in [0.3, 0.4) is 0 Å². The van der Waals surface area contributed by atoms with Crippen molar-refractivity contribution in [1.29, 1.82) is 0 Å². The number of benzene rings is 1. The molecular weight excluding hydrogens is 250 g/mol. The fourth-order valence-electron chi connectivity index (χ4n) is 2.62. The van der Waals surface area contributed by atoms with Crippen LogP contribution in [0.4, 0.5) is 0 Å². The Morgan fingerprint density at radius 2 is 2.30 bits per heavy atom. The van der Waals surface area contributed by atoms with Crippen LogP contribution in [0.5, 0.6) is 0 Å². The molecule has 1 unspecified atom stereocenters. The van der Waals surface area contributed by atoms with Gasteiger partial charge in [-0.25, -0.2) is 0 Å². The molecule has 1 aromatic carbocycles. The summed E-state index contributed by atoms with van der Waals surface area (Å²) in [6.45, 7) is 5.65. The molecule has 1 aliphatic rings. The summed E-state index contributed by atoms with van der Waals surface area (Å²) in [4.78, 5) is 14.6. The number of piperidine rings is 1. The predicted octanol–water partition coefficient (Wildman–Crippen LogP) is 2.21. The van der Waals surface area contributed by atoms with Gasteiger partial charge in [0.15, 0.2) is 0 Å². The summed E-state index contributed by atoms with van der Waals surface area (Å²) < 4.78 is 0. The van der Waals surface area contributed by atoms with Gasteiger partial charge in [-0.3, -0.25) is 4.79 Å². The van der Waals surface area contributed by atoms with Gasteiger partial charge in [-0.15, -0.1) is 0 Å². The molecule has 106 valence electrons. The van der Waals surface area contributed by atoms with E-state index in [1.54, 1.807) is 0 Å². The van der Waals surface area contributed by atoms with E-state index < -0.39 is 0 Å². The lowest BCUT2D eigenvalue weighted by molar-refractivity contribution is 0.0682. The standard InChI is InChI=1S/C17H21NO2/c1-13-5-3-9-18(12-13)17(20)16-11-15(6-4-10-19)8-7-14(16)2/h7-8,11,13,19H,3,5,9-10,12H2,1-2H3. The quantitative estimate of drug-likeness (QED) is 0.796. The molecule has 0 spiro atoms. The Kier molecular flexibility index (Phi) is 4.81. The van der Waals surface area contributed by atoms with Crippen molar-refractivity contribution < 1.29 is 9.90 Å². The third-order valence-electron chi connectivity index (χ3n) is 3.72. The molecule has 1 atom stereocenters.